The summed E-state index contributed by atoms with van der Waals surface area (Å²) in [4.78, 5) is 24.7. The van der Waals surface area contributed by atoms with Gasteiger partial charge in [0.05, 0.1) is 5.75 Å². The molecule has 0 aliphatic carbocycles. The van der Waals surface area contributed by atoms with Gasteiger partial charge in [-0.05, 0) is 43.4 Å². The third-order valence-electron chi connectivity index (χ3n) is 4.34. The second kappa shape index (κ2) is 9.47. The fraction of sp³-hybridized carbons (Fsp3) is 0.0952. The predicted octanol–water partition coefficient (Wildman–Crippen LogP) is 4.46. The van der Waals surface area contributed by atoms with E-state index in [-0.39, 0.29) is 27.6 Å². The lowest BCUT2D eigenvalue weighted by molar-refractivity contribution is -0.113. The zero-order chi connectivity index (χ0) is 22.7. The van der Waals surface area contributed by atoms with E-state index in [2.05, 4.69) is 15.5 Å². The van der Waals surface area contributed by atoms with Gasteiger partial charge in [0.1, 0.15) is 10.7 Å². The molecule has 8 nitrogen and oxygen atoms in total. The first-order chi connectivity index (χ1) is 15.4. The van der Waals surface area contributed by atoms with Gasteiger partial charge in [0, 0.05) is 11.3 Å². The molecule has 162 valence electrons. The number of primary amides is 1. The molecule has 0 fully saturated rings. The summed E-state index contributed by atoms with van der Waals surface area (Å²) in [5, 5.41) is 11.0. The molecule has 3 N–H and O–H groups in total. The molecule has 0 radical (unpaired) electrons. The Kier molecular flexibility index (Phi) is 6.49. The molecule has 4 rings (SSSR count). The Balaban J connectivity index is 1.50. The molecule has 0 saturated carbocycles. The zero-order valence-electron chi connectivity index (χ0n) is 16.8. The Morgan fingerprint density at radius 1 is 1.16 bits per heavy atom. The van der Waals surface area contributed by atoms with Crippen LogP contribution < -0.4 is 11.1 Å². The number of rotatable bonds is 7. The molecular formula is C21H17N5O3S3. The van der Waals surface area contributed by atoms with Crippen molar-refractivity contribution in [2.24, 2.45) is 5.73 Å². The van der Waals surface area contributed by atoms with E-state index in [1.54, 1.807) is 4.57 Å². The Hall–Kier alpha value is -3.28. The highest BCUT2D eigenvalue weighted by Crippen LogP contribution is 2.29. The van der Waals surface area contributed by atoms with E-state index in [0.29, 0.717) is 15.5 Å². The minimum Gasteiger partial charge on any atom is -0.411 e. The van der Waals surface area contributed by atoms with Gasteiger partial charge in [-0.3, -0.25) is 14.2 Å². The van der Waals surface area contributed by atoms with Crippen LogP contribution in [0.5, 0.6) is 0 Å². The molecule has 0 spiro atoms. The molecule has 0 atom stereocenters. The quantitative estimate of drug-likeness (QED) is 0.294. The van der Waals surface area contributed by atoms with Gasteiger partial charge < -0.3 is 15.5 Å². The van der Waals surface area contributed by atoms with Gasteiger partial charge in [0.2, 0.25) is 11.8 Å². The van der Waals surface area contributed by atoms with Gasteiger partial charge in [-0.2, -0.15) is 0 Å². The molecule has 2 heterocycles. The van der Waals surface area contributed by atoms with Gasteiger partial charge >= 0.3 is 0 Å². The maximum absolute atomic E-state index is 12.7. The van der Waals surface area contributed by atoms with Crippen LogP contribution in [0.3, 0.4) is 0 Å². The molecule has 4 aromatic rings. The van der Waals surface area contributed by atoms with Crippen molar-refractivity contribution in [2.45, 2.75) is 12.1 Å². The van der Waals surface area contributed by atoms with E-state index in [4.69, 9.17) is 22.4 Å². The first-order valence-corrected chi connectivity index (χ1v) is 11.6. The summed E-state index contributed by atoms with van der Waals surface area (Å²) in [7, 11) is 0. The molecule has 2 amide bonds. The van der Waals surface area contributed by atoms with Crippen LogP contribution in [-0.2, 0) is 4.79 Å². The van der Waals surface area contributed by atoms with Crippen molar-refractivity contribution in [1.82, 2.24) is 14.8 Å². The molecule has 0 aliphatic rings. The monoisotopic (exact) mass is 483 g/mol. The summed E-state index contributed by atoms with van der Waals surface area (Å²) in [6.45, 7) is 1.99. The van der Waals surface area contributed by atoms with Crippen LogP contribution in [-0.4, -0.2) is 32.3 Å². The molecule has 32 heavy (non-hydrogen) atoms. The highest BCUT2D eigenvalue weighted by molar-refractivity contribution is 7.99. The van der Waals surface area contributed by atoms with E-state index in [0.717, 1.165) is 34.2 Å². The van der Waals surface area contributed by atoms with Crippen molar-refractivity contribution in [3.63, 3.8) is 0 Å². The number of thiazole rings is 1. The van der Waals surface area contributed by atoms with Gasteiger partial charge in [0.25, 0.3) is 11.1 Å². The van der Waals surface area contributed by atoms with Crippen LogP contribution in [0.25, 0.3) is 17.1 Å². The molecule has 0 saturated heterocycles. The summed E-state index contributed by atoms with van der Waals surface area (Å²) in [6, 6.07) is 16.9. The number of nitrogens with zero attached hydrogens (tertiary/aromatic N) is 3. The van der Waals surface area contributed by atoms with E-state index in [1.165, 1.54) is 0 Å². The van der Waals surface area contributed by atoms with Crippen LogP contribution >= 0.6 is 35.3 Å². The van der Waals surface area contributed by atoms with E-state index in [1.807, 2.05) is 61.5 Å². The number of amides is 2. The van der Waals surface area contributed by atoms with Crippen LogP contribution in [0.1, 0.15) is 15.2 Å². The minimum atomic E-state index is -0.668. The molecule has 2 aromatic carbocycles. The summed E-state index contributed by atoms with van der Waals surface area (Å²) in [5.74, 6) is -0.427. The standard InChI is InChI=1S/C21H17N5O3S3/c1-12-7-9-13(10-8-12)19-24-25-20(29-19)31-11-15(27)23-18-16(17(22)28)32-21(30)26(18)14-5-3-2-4-6-14/h2-10H,11H2,1H3,(H2,22,28)(H,23,27). The number of benzene rings is 2. The summed E-state index contributed by atoms with van der Waals surface area (Å²) >= 11 is 7.53. The SMILES string of the molecule is Cc1ccc(-c2nnc(SCC(=O)Nc3c(C(N)=O)sc(=S)n3-c3ccccc3)o2)cc1. The van der Waals surface area contributed by atoms with E-state index in [9.17, 15) is 9.59 Å². The molecule has 0 bridgehead atoms. The number of nitrogens with one attached hydrogen (secondary N) is 1. The Morgan fingerprint density at radius 3 is 2.56 bits per heavy atom. The number of thioether (sulfide) groups is 1. The number of carbonyl (C=O) groups is 2. The highest BCUT2D eigenvalue weighted by atomic mass is 32.2. The Bertz CT molecular complexity index is 1330. The predicted molar refractivity (Wildman–Crippen MR) is 127 cm³/mol. The summed E-state index contributed by atoms with van der Waals surface area (Å²) in [6.07, 6.45) is 0. The minimum absolute atomic E-state index is 0.00880. The van der Waals surface area contributed by atoms with Crippen LogP contribution in [0, 0.1) is 10.9 Å². The largest absolute Gasteiger partial charge is 0.411 e. The smallest absolute Gasteiger partial charge is 0.277 e. The topological polar surface area (TPSA) is 116 Å². The third kappa shape index (κ3) is 4.79. The van der Waals surface area contributed by atoms with Crippen LogP contribution in [0.4, 0.5) is 5.82 Å². The summed E-state index contributed by atoms with van der Waals surface area (Å²) in [5.41, 5.74) is 8.14. The molecule has 2 aromatic heterocycles. The molecular weight excluding hydrogens is 466 g/mol. The second-order valence-electron chi connectivity index (χ2n) is 6.66. The van der Waals surface area contributed by atoms with Crippen molar-refractivity contribution < 1.29 is 14.0 Å². The fourth-order valence-corrected chi connectivity index (χ4v) is 4.65. The van der Waals surface area contributed by atoms with Gasteiger partial charge in [-0.25, -0.2) is 0 Å². The number of anilines is 1. The second-order valence-corrected chi connectivity index (χ2v) is 9.23. The normalized spacial score (nSPS) is 10.8. The first kappa shape index (κ1) is 21.9. The average Bonchev–Trinajstić information content (AvgIpc) is 3.38. The van der Waals surface area contributed by atoms with Crippen molar-refractivity contribution in [3.8, 4) is 17.1 Å². The van der Waals surface area contributed by atoms with Crippen molar-refractivity contribution in [1.29, 1.82) is 0 Å². The van der Waals surface area contributed by atoms with Crippen molar-refractivity contribution in [3.05, 3.63) is 69.0 Å². The van der Waals surface area contributed by atoms with Crippen molar-refractivity contribution in [2.75, 3.05) is 11.1 Å². The number of hydrogen-bond acceptors (Lipinski definition) is 8. The zero-order valence-corrected chi connectivity index (χ0v) is 19.2. The van der Waals surface area contributed by atoms with Gasteiger partial charge in [-0.15, -0.1) is 10.2 Å². The molecule has 11 heteroatoms. The number of hydrogen-bond donors (Lipinski definition) is 2. The van der Waals surface area contributed by atoms with Crippen LogP contribution in [0.2, 0.25) is 0 Å². The number of aryl methyl sites for hydroxylation is 1. The van der Waals surface area contributed by atoms with Gasteiger partial charge in [-0.1, -0.05) is 59.0 Å². The lowest BCUT2D eigenvalue weighted by Crippen LogP contribution is -2.20. The average molecular weight is 484 g/mol. The number of para-hydroxylation sites is 1. The Labute approximate surface area is 196 Å². The lowest BCUT2D eigenvalue weighted by Gasteiger charge is -2.11. The number of aromatic nitrogens is 3. The fourth-order valence-electron chi connectivity index (χ4n) is 2.84. The number of nitrogens with two attached hydrogens (primary N) is 1. The third-order valence-corrected chi connectivity index (χ3v) is 6.55. The molecule has 0 aliphatic heterocycles. The summed E-state index contributed by atoms with van der Waals surface area (Å²) < 4.78 is 7.65. The van der Waals surface area contributed by atoms with E-state index < -0.39 is 5.91 Å². The molecule has 0 unspecified atom stereocenters. The van der Waals surface area contributed by atoms with Gasteiger partial charge in [0.15, 0.2) is 3.95 Å². The Morgan fingerprint density at radius 2 is 1.88 bits per heavy atom. The lowest BCUT2D eigenvalue weighted by atomic mass is 10.1. The van der Waals surface area contributed by atoms with E-state index >= 15 is 0 Å². The van der Waals surface area contributed by atoms with Crippen LogP contribution in [0.15, 0.2) is 64.2 Å². The maximum Gasteiger partial charge on any atom is 0.277 e. The number of carbonyl (C=O) groups excluding carboxylic acids is 2. The first-order valence-electron chi connectivity index (χ1n) is 9.36. The van der Waals surface area contributed by atoms with Crippen molar-refractivity contribution >= 4 is 52.9 Å². The maximum atomic E-state index is 12.7. The highest BCUT2D eigenvalue weighted by Gasteiger charge is 2.21.